The largest absolute Gasteiger partial charge is 0.393 e. The normalized spacial score (nSPS) is 23.4. The highest BCUT2D eigenvalue weighted by atomic mass is 16.3. The summed E-state index contributed by atoms with van der Waals surface area (Å²) >= 11 is 0. The third-order valence-corrected chi connectivity index (χ3v) is 4.56. The van der Waals surface area contributed by atoms with E-state index in [1.165, 1.54) is 12.8 Å². The van der Waals surface area contributed by atoms with Crippen LogP contribution < -0.4 is 5.32 Å². The van der Waals surface area contributed by atoms with E-state index < -0.39 is 0 Å². The van der Waals surface area contributed by atoms with Crippen molar-refractivity contribution in [2.45, 2.75) is 71.1 Å². The number of hydrogen-bond donors (Lipinski definition) is 2. The van der Waals surface area contributed by atoms with E-state index in [0.717, 1.165) is 44.5 Å². The average molecular weight is 279 g/mol. The monoisotopic (exact) mass is 279 g/mol. The highest BCUT2D eigenvalue weighted by Crippen LogP contribution is 2.23. The second-order valence-electron chi connectivity index (χ2n) is 6.00. The fourth-order valence-electron chi connectivity index (χ4n) is 3.15. The summed E-state index contributed by atoms with van der Waals surface area (Å²) in [6.45, 7) is 6.12. The molecule has 2 atom stereocenters. The van der Waals surface area contributed by atoms with Crippen LogP contribution >= 0.6 is 0 Å². The molecule has 2 N–H and O–H groups in total. The van der Waals surface area contributed by atoms with Crippen LogP contribution in [-0.2, 0) is 6.54 Å². The van der Waals surface area contributed by atoms with Gasteiger partial charge in [0.15, 0.2) is 0 Å². The minimum atomic E-state index is -0.113. The van der Waals surface area contributed by atoms with E-state index in [1.807, 2.05) is 0 Å². The molecule has 0 radical (unpaired) electrons. The van der Waals surface area contributed by atoms with E-state index in [-0.39, 0.29) is 6.10 Å². The second kappa shape index (κ2) is 7.79. The van der Waals surface area contributed by atoms with Gasteiger partial charge in [0.1, 0.15) is 0 Å². The molecule has 2 rings (SSSR count). The van der Waals surface area contributed by atoms with E-state index in [0.29, 0.717) is 12.0 Å². The molecule has 0 spiro atoms. The maximum atomic E-state index is 9.95. The van der Waals surface area contributed by atoms with E-state index >= 15 is 0 Å². The number of rotatable bonds is 7. The van der Waals surface area contributed by atoms with Gasteiger partial charge >= 0.3 is 0 Å². The zero-order chi connectivity index (χ0) is 14.4. The Bertz CT molecular complexity index is 387. The lowest BCUT2D eigenvalue weighted by molar-refractivity contribution is 0.0694. The van der Waals surface area contributed by atoms with Crippen molar-refractivity contribution in [3.63, 3.8) is 0 Å². The summed E-state index contributed by atoms with van der Waals surface area (Å²) in [4.78, 5) is 0. The fourth-order valence-corrected chi connectivity index (χ4v) is 3.15. The molecule has 0 aliphatic heterocycles. The van der Waals surface area contributed by atoms with Gasteiger partial charge in [-0.15, -0.1) is 0 Å². The van der Waals surface area contributed by atoms with Gasteiger partial charge in [0, 0.05) is 19.3 Å². The minimum absolute atomic E-state index is 0.113. The number of aliphatic hydroxyl groups is 1. The van der Waals surface area contributed by atoms with Crippen molar-refractivity contribution in [2.24, 2.45) is 5.92 Å². The third kappa shape index (κ3) is 4.06. The molecule has 1 fully saturated rings. The van der Waals surface area contributed by atoms with Crippen molar-refractivity contribution in [3.8, 4) is 0 Å². The predicted octanol–water partition coefficient (Wildman–Crippen LogP) is 2.88. The molecule has 4 heteroatoms. The van der Waals surface area contributed by atoms with Gasteiger partial charge in [-0.2, -0.15) is 5.10 Å². The first-order valence-electron chi connectivity index (χ1n) is 8.17. The Morgan fingerprint density at radius 3 is 2.80 bits per heavy atom. The van der Waals surface area contributed by atoms with Crippen molar-refractivity contribution < 1.29 is 5.11 Å². The summed E-state index contributed by atoms with van der Waals surface area (Å²) in [6.07, 6.45) is 8.78. The van der Waals surface area contributed by atoms with Crippen molar-refractivity contribution in [1.82, 2.24) is 15.1 Å². The van der Waals surface area contributed by atoms with E-state index in [4.69, 9.17) is 0 Å². The minimum Gasteiger partial charge on any atom is -0.393 e. The van der Waals surface area contributed by atoms with Crippen LogP contribution in [0.2, 0.25) is 0 Å². The van der Waals surface area contributed by atoms with Crippen molar-refractivity contribution in [3.05, 3.63) is 18.0 Å². The summed E-state index contributed by atoms with van der Waals surface area (Å²) in [5.41, 5.74) is 1.10. The first kappa shape index (κ1) is 15.5. The lowest BCUT2D eigenvalue weighted by atomic mass is 9.86. The number of aliphatic hydroxyl groups excluding tert-OH is 1. The molecule has 20 heavy (non-hydrogen) atoms. The van der Waals surface area contributed by atoms with Gasteiger partial charge in [-0.05, 0) is 37.7 Å². The van der Waals surface area contributed by atoms with Crippen LogP contribution in [0.15, 0.2) is 12.3 Å². The molecule has 1 aromatic rings. The first-order chi connectivity index (χ1) is 9.74. The maximum Gasteiger partial charge on any atom is 0.0762 e. The summed E-state index contributed by atoms with van der Waals surface area (Å²) in [6, 6.07) is 2.62. The third-order valence-electron chi connectivity index (χ3n) is 4.56. The molecule has 1 heterocycles. The Hall–Kier alpha value is -0.870. The summed E-state index contributed by atoms with van der Waals surface area (Å²) in [5, 5.41) is 18.0. The van der Waals surface area contributed by atoms with Crippen molar-refractivity contribution in [1.29, 1.82) is 0 Å². The number of hydrogen-bond acceptors (Lipinski definition) is 3. The van der Waals surface area contributed by atoms with Crippen LogP contribution in [-0.4, -0.2) is 27.5 Å². The molecule has 114 valence electrons. The molecule has 2 unspecified atom stereocenters. The zero-order valence-electron chi connectivity index (χ0n) is 12.9. The zero-order valence-corrected chi connectivity index (χ0v) is 12.9. The van der Waals surface area contributed by atoms with Crippen LogP contribution in [0.5, 0.6) is 0 Å². The van der Waals surface area contributed by atoms with Crippen LogP contribution in [0, 0.1) is 5.92 Å². The van der Waals surface area contributed by atoms with Crippen LogP contribution in [0.25, 0.3) is 0 Å². The van der Waals surface area contributed by atoms with Crippen LogP contribution in [0.1, 0.15) is 64.1 Å². The fraction of sp³-hybridized carbons (Fsp3) is 0.812. The van der Waals surface area contributed by atoms with E-state index in [1.54, 1.807) is 0 Å². The molecule has 0 amide bonds. The smallest absolute Gasteiger partial charge is 0.0762 e. The first-order valence-corrected chi connectivity index (χ1v) is 8.17. The van der Waals surface area contributed by atoms with Gasteiger partial charge in [-0.1, -0.05) is 26.7 Å². The molecule has 0 saturated heterocycles. The Balaban J connectivity index is 1.76. The molecule has 1 aromatic heterocycles. The Morgan fingerprint density at radius 2 is 2.10 bits per heavy atom. The summed E-state index contributed by atoms with van der Waals surface area (Å²) in [5.74, 6) is 0.421. The Morgan fingerprint density at radius 1 is 1.35 bits per heavy atom. The van der Waals surface area contributed by atoms with Gasteiger partial charge in [0.2, 0.25) is 0 Å². The van der Waals surface area contributed by atoms with Gasteiger partial charge in [-0.3, -0.25) is 4.68 Å². The number of nitrogens with one attached hydrogen (secondary N) is 1. The lowest BCUT2D eigenvalue weighted by Crippen LogP contribution is -2.33. The molecule has 4 nitrogen and oxygen atoms in total. The van der Waals surface area contributed by atoms with Gasteiger partial charge < -0.3 is 10.4 Å². The molecule has 0 bridgehead atoms. The predicted molar refractivity (Wildman–Crippen MR) is 81.5 cm³/mol. The quantitative estimate of drug-likeness (QED) is 0.807. The molecule has 1 aliphatic rings. The van der Waals surface area contributed by atoms with E-state index in [9.17, 15) is 5.11 Å². The van der Waals surface area contributed by atoms with Crippen LogP contribution in [0.4, 0.5) is 0 Å². The number of aromatic nitrogens is 2. The Kier molecular flexibility index (Phi) is 6.05. The molecule has 0 aromatic carbocycles. The topological polar surface area (TPSA) is 50.1 Å². The highest BCUT2D eigenvalue weighted by Gasteiger charge is 2.22. The molecule has 1 saturated carbocycles. The summed E-state index contributed by atoms with van der Waals surface area (Å²) in [7, 11) is 0. The maximum absolute atomic E-state index is 9.95. The highest BCUT2D eigenvalue weighted by molar-refractivity contribution is 4.99. The van der Waals surface area contributed by atoms with Gasteiger partial charge in [-0.25, -0.2) is 0 Å². The molecular formula is C16H29N3O. The van der Waals surface area contributed by atoms with E-state index in [2.05, 4.69) is 41.2 Å². The number of nitrogens with zero attached hydrogens (tertiary/aromatic N) is 2. The average Bonchev–Trinajstić information content (AvgIpc) is 2.91. The molecular weight excluding hydrogens is 250 g/mol. The standard InChI is InChI=1S/C16H29N3O/c1-3-15(4-2)19-10-9-14(18-19)12-17-11-13-7-5-6-8-16(13)20/h9-10,13,15-17,20H,3-8,11-12H2,1-2H3. The van der Waals surface area contributed by atoms with Gasteiger partial charge in [0.25, 0.3) is 0 Å². The molecule has 1 aliphatic carbocycles. The lowest BCUT2D eigenvalue weighted by Gasteiger charge is -2.27. The summed E-state index contributed by atoms with van der Waals surface area (Å²) < 4.78 is 2.09. The second-order valence-corrected chi connectivity index (χ2v) is 6.00. The Labute approximate surface area is 122 Å². The SMILES string of the molecule is CCC(CC)n1ccc(CNCC2CCCCC2O)n1. The van der Waals surface area contributed by atoms with Crippen molar-refractivity contribution in [2.75, 3.05) is 6.54 Å². The van der Waals surface area contributed by atoms with Gasteiger partial charge in [0.05, 0.1) is 17.8 Å². The van der Waals surface area contributed by atoms with Crippen LogP contribution in [0.3, 0.4) is 0 Å². The van der Waals surface area contributed by atoms with Crippen molar-refractivity contribution >= 4 is 0 Å².